The van der Waals surface area contributed by atoms with Crippen molar-refractivity contribution < 1.29 is 14.3 Å². The number of fused-ring (bicyclic) bond motifs is 1. The topological polar surface area (TPSA) is 75.4 Å². The molecule has 0 aliphatic rings. The van der Waals surface area contributed by atoms with Crippen molar-refractivity contribution in [2.24, 2.45) is 0 Å². The zero-order chi connectivity index (χ0) is 17.3. The molecule has 0 fully saturated rings. The number of hydrogen-bond donors (Lipinski definition) is 2. The molecule has 1 heterocycles. The van der Waals surface area contributed by atoms with Gasteiger partial charge in [0, 0.05) is 12.1 Å². The van der Waals surface area contributed by atoms with Gasteiger partial charge in [0.2, 0.25) is 11.8 Å². The van der Waals surface area contributed by atoms with Crippen LogP contribution in [0.5, 0.6) is 5.75 Å². The summed E-state index contributed by atoms with van der Waals surface area (Å²) in [5.74, 6) is 0.356. The number of aryl methyl sites for hydroxylation is 2. The number of rotatable bonds is 4. The molecule has 0 spiro atoms. The summed E-state index contributed by atoms with van der Waals surface area (Å²) in [7, 11) is 0. The minimum absolute atomic E-state index is 0.0869. The number of nitrogens with one attached hydrogen (secondary N) is 1. The molecule has 1 amide bonds. The molecule has 124 valence electrons. The second-order valence-electron chi connectivity index (χ2n) is 5.77. The molecule has 0 saturated carbocycles. The quantitative estimate of drug-likeness (QED) is 0.697. The number of phenolic OH excluding ortho intramolecular Hbond substituents is 1. The van der Waals surface area contributed by atoms with E-state index in [4.69, 9.17) is 4.42 Å². The Morgan fingerprint density at radius 1 is 1.25 bits per heavy atom. The van der Waals surface area contributed by atoms with Crippen molar-refractivity contribution >= 4 is 22.7 Å². The van der Waals surface area contributed by atoms with E-state index in [1.807, 2.05) is 18.2 Å². The number of amides is 1. The van der Waals surface area contributed by atoms with Crippen molar-refractivity contribution in [3.63, 3.8) is 0 Å². The Hall–Kier alpha value is -2.82. The number of carbonyl (C=O) groups is 1. The number of anilines is 1. The smallest absolute Gasteiger partial charge is 0.231 e. The van der Waals surface area contributed by atoms with Crippen molar-refractivity contribution in [2.75, 3.05) is 5.32 Å². The fourth-order valence-corrected chi connectivity index (χ4v) is 2.57. The summed E-state index contributed by atoms with van der Waals surface area (Å²) in [5, 5.41) is 13.2. The van der Waals surface area contributed by atoms with Gasteiger partial charge in [-0.05, 0) is 48.7 Å². The largest absolute Gasteiger partial charge is 0.507 e. The Balaban J connectivity index is 2.09. The van der Waals surface area contributed by atoms with E-state index in [1.165, 1.54) is 5.56 Å². The van der Waals surface area contributed by atoms with Crippen LogP contribution in [0, 0.1) is 6.92 Å². The van der Waals surface area contributed by atoms with Crippen LogP contribution < -0.4 is 5.32 Å². The average Bonchev–Trinajstić information content (AvgIpc) is 3.00. The molecular weight excluding hydrogens is 304 g/mol. The van der Waals surface area contributed by atoms with Crippen LogP contribution >= 0.6 is 0 Å². The highest BCUT2D eigenvalue weighted by Crippen LogP contribution is 2.36. The van der Waals surface area contributed by atoms with Crippen molar-refractivity contribution in [3.8, 4) is 17.2 Å². The zero-order valence-corrected chi connectivity index (χ0v) is 14.0. The van der Waals surface area contributed by atoms with Gasteiger partial charge in [-0.1, -0.05) is 19.9 Å². The van der Waals surface area contributed by atoms with Crippen molar-refractivity contribution in [3.05, 3.63) is 41.5 Å². The first-order valence-corrected chi connectivity index (χ1v) is 8.05. The third-order valence-corrected chi connectivity index (χ3v) is 4.00. The van der Waals surface area contributed by atoms with E-state index in [0.29, 0.717) is 34.7 Å². The summed E-state index contributed by atoms with van der Waals surface area (Å²) in [6.45, 7) is 5.64. The van der Waals surface area contributed by atoms with Gasteiger partial charge < -0.3 is 14.8 Å². The van der Waals surface area contributed by atoms with Crippen molar-refractivity contribution in [1.29, 1.82) is 0 Å². The molecule has 0 saturated heterocycles. The van der Waals surface area contributed by atoms with Gasteiger partial charge in [-0.15, -0.1) is 0 Å². The molecule has 5 heteroatoms. The number of benzene rings is 2. The van der Waals surface area contributed by atoms with Crippen LogP contribution in [0.25, 0.3) is 22.6 Å². The minimum Gasteiger partial charge on any atom is -0.507 e. The predicted molar refractivity (Wildman–Crippen MR) is 94.1 cm³/mol. The second kappa shape index (κ2) is 6.35. The van der Waals surface area contributed by atoms with Crippen LogP contribution in [0.1, 0.15) is 31.4 Å². The maximum atomic E-state index is 11.6. The van der Waals surface area contributed by atoms with Gasteiger partial charge in [-0.3, -0.25) is 4.79 Å². The van der Waals surface area contributed by atoms with Gasteiger partial charge in [0.15, 0.2) is 5.58 Å². The molecule has 0 unspecified atom stereocenters. The Bertz CT molecular complexity index is 912. The lowest BCUT2D eigenvalue weighted by Gasteiger charge is -2.09. The SMILES string of the molecule is CCC(=O)Nc1cc(C)c(O)c(-c2nc3cc(CC)ccc3o2)c1. The number of oxazole rings is 1. The second-order valence-corrected chi connectivity index (χ2v) is 5.77. The van der Waals surface area contributed by atoms with Crippen LogP contribution in [0.4, 0.5) is 5.69 Å². The van der Waals surface area contributed by atoms with E-state index < -0.39 is 0 Å². The van der Waals surface area contributed by atoms with Gasteiger partial charge in [0.1, 0.15) is 11.3 Å². The number of hydrogen-bond acceptors (Lipinski definition) is 4. The van der Waals surface area contributed by atoms with Crippen LogP contribution in [0.3, 0.4) is 0 Å². The third kappa shape index (κ3) is 2.97. The highest BCUT2D eigenvalue weighted by molar-refractivity contribution is 5.92. The van der Waals surface area contributed by atoms with Gasteiger partial charge in [-0.25, -0.2) is 4.98 Å². The Kier molecular flexibility index (Phi) is 4.25. The van der Waals surface area contributed by atoms with Crippen LogP contribution in [-0.4, -0.2) is 16.0 Å². The molecule has 24 heavy (non-hydrogen) atoms. The predicted octanol–water partition coefficient (Wildman–Crippen LogP) is 4.42. The van der Waals surface area contributed by atoms with Crippen LogP contribution in [0.2, 0.25) is 0 Å². The maximum Gasteiger partial charge on any atom is 0.231 e. The lowest BCUT2D eigenvalue weighted by molar-refractivity contribution is -0.115. The minimum atomic E-state index is -0.0869. The van der Waals surface area contributed by atoms with Crippen LogP contribution in [-0.2, 0) is 11.2 Å². The normalized spacial score (nSPS) is 11.0. The van der Waals surface area contributed by atoms with Gasteiger partial charge in [0.25, 0.3) is 0 Å². The highest BCUT2D eigenvalue weighted by Gasteiger charge is 2.16. The van der Waals surface area contributed by atoms with Gasteiger partial charge in [0.05, 0.1) is 5.56 Å². The van der Waals surface area contributed by atoms with Gasteiger partial charge in [-0.2, -0.15) is 0 Å². The summed E-state index contributed by atoms with van der Waals surface area (Å²) in [6.07, 6.45) is 1.30. The molecule has 0 aliphatic heterocycles. The molecule has 0 radical (unpaired) electrons. The van der Waals surface area contributed by atoms with E-state index in [-0.39, 0.29) is 11.7 Å². The average molecular weight is 324 g/mol. The van der Waals surface area contributed by atoms with Crippen LogP contribution in [0.15, 0.2) is 34.7 Å². The van der Waals surface area contributed by atoms with Crippen molar-refractivity contribution in [1.82, 2.24) is 4.98 Å². The lowest BCUT2D eigenvalue weighted by Crippen LogP contribution is -2.09. The van der Waals surface area contributed by atoms with E-state index in [9.17, 15) is 9.90 Å². The molecule has 0 bridgehead atoms. The first-order valence-electron chi connectivity index (χ1n) is 8.05. The molecule has 0 aliphatic carbocycles. The molecule has 2 N–H and O–H groups in total. The number of aromatic nitrogens is 1. The standard InChI is InChI=1S/C19H20N2O3/c1-4-12-6-7-16-15(9-12)21-19(24-16)14-10-13(20-17(22)5-2)8-11(3)18(14)23/h6-10,23H,4-5H2,1-3H3,(H,20,22). The van der Waals surface area contributed by atoms with E-state index >= 15 is 0 Å². The molecular formula is C19H20N2O3. The maximum absolute atomic E-state index is 11.6. The fraction of sp³-hybridized carbons (Fsp3) is 0.263. The Labute approximate surface area is 140 Å². The third-order valence-electron chi connectivity index (χ3n) is 4.00. The molecule has 1 aromatic heterocycles. The number of phenols is 1. The van der Waals surface area contributed by atoms with Gasteiger partial charge >= 0.3 is 0 Å². The lowest BCUT2D eigenvalue weighted by atomic mass is 10.1. The van der Waals surface area contributed by atoms with E-state index in [1.54, 1.807) is 26.0 Å². The highest BCUT2D eigenvalue weighted by atomic mass is 16.3. The summed E-state index contributed by atoms with van der Waals surface area (Å²) in [6, 6.07) is 9.28. The number of nitrogens with zero attached hydrogens (tertiary/aromatic N) is 1. The Morgan fingerprint density at radius 3 is 2.75 bits per heavy atom. The van der Waals surface area contributed by atoms with E-state index in [2.05, 4.69) is 17.2 Å². The number of aromatic hydroxyl groups is 1. The summed E-state index contributed by atoms with van der Waals surface area (Å²) in [4.78, 5) is 16.1. The fourth-order valence-electron chi connectivity index (χ4n) is 2.57. The first kappa shape index (κ1) is 16.1. The Morgan fingerprint density at radius 2 is 2.04 bits per heavy atom. The molecule has 3 aromatic rings. The van der Waals surface area contributed by atoms with Crippen molar-refractivity contribution in [2.45, 2.75) is 33.6 Å². The summed E-state index contributed by atoms with van der Waals surface area (Å²) in [5.41, 5.74) is 4.33. The first-order chi connectivity index (χ1) is 11.5. The molecule has 2 aromatic carbocycles. The summed E-state index contributed by atoms with van der Waals surface area (Å²) >= 11 is 0. The molecule has 0 atom stereocenters. The monoisotopic (exact) mass is 324 g/mol. The molecule has 5 nitrogen and oxygen atoms in total. The number of carbonyl (C=O) groups excluding carboxylic acids is 1. The summed E-state index contributed by atoms with van der Waals surface area (Å²) < 4.78 is 5.79. The van der Waals surface area contributed by atoms with E-state index in [0.717, 1.165) is 11.9 Å². The zero-order valence-electron chi connectivity index (χ0n) is 14.0. The molecule has 3 rings (SSSR count).